The van der Waals surface area contributed by atoms with E-state index in [-0.39, 0.29) is 5.75 Å². The van der Waals surface area contributed by atoms with Gasteiger partial charge in [-0.15, -0.1) is 5.10 Å². The molecule has 0 bridgehead atoms. The molecular weight excluding hydrogens is 194 g/mol. The van der Waals surface area contributed by atoms with Crippen molar-refractivity contribution in [3.8, 4) is 5.75 Å². The van der Waals surface area contributed by atoms with Crippen LogP contribution in [-0.4, -0.2) is 19.9 Å². The fourth-order valence-corrected chi connectivity index (χ4v) is 1.12. The van der Waals surface area contributed by atoms with Crippen LogP contribution in [0.2, 0.25) is 0 Å². The molecule has 2 rings (SSSR count). The quantitative estimate of drug-likeness (QED) is 0.632. The van der Waals surface area contributed by atoms with Crippen LogP contribution in [0, 0.1) is 0 Å². The van der Waals surface area contributed by atoms with Crippen molar-refractivity contribution in [2.45, 2.75) is 0 Å². The molecule has 2 aromatic rings. The Kier molecular flexibility index (Phi) is 2.17. The van der Waals surface area contributed by atoms with E-state index in [9.17, 15) is 0 Å². The topological polar surface area (TPSA) is 89.0 Å². The molecule has 0 fully saturated rings. The van der Waals surface area contributed by atoms with Gasteiger partial charge in [0.15, 0.2) is 0 Å². The second-order valence-electron chi connectivity index (χ2n) is 3.09. The minimum atomic E-state index is 0.217. The maximum Gasteiger partial charge on any atom is 0.248 e. The van der Waals surface area contributed by atoms with Crippen LogP contribution >= 0.6 is 0 Å². The summed E-state index contributed by atoms with van der Waals surface area (Å²) < 4.78 is 1.47. The van der Waals surface area contributed by atoms with E-state index in [0.717, 1.165) is 5.69 Å². The molecule has 6 nitrogen and oxygen atoms in total. The van der Waals surface area contributed by atoms with E-state index in [1.807, 2.05) is 0 Å². The lowest BCUT2D eigenvalue weighted by atomic mass is 10.3. The van der Waals surface area contributed by atoms with Gasteiger partial charge in [-0.2, -0.15) is 4.98 Å². The first-order valence-corrected chi connectivity index (χ1v) is 4.38. The van der Waals surface area contributed by atoms with Gasteiger partial charge in [0.05, 0.1) is 0 Å². The third kappa shape index (κ3) is 1.98. The van der Waals surface area contributed by atoms with Crippen LogP contribution in [0.25, 0.3) is 0 Å². The molecule has 0 spiro atoms. The number of aromatic hydroxyl groups is 1. The number of aryl methyl sites for hydroxylation is 1. The van der Waals surface area contributed by atoms with Crippen LogP contribution in [0.15, 0.2) is 24.3 Å². The zero-order valence-corrected chi connectivity index (χ0v) is 8.18. The van der Waals surface area contributed by atoms with Crippen LogP contribution in [0.1, 0.15) is 0 Å². The number of hydrogen-bond acceptors (Lipinski definition) is 5. The van der Waals surface area contributed by atoms with Crippen molar-refractivity contribution in [1.29, 1.82) is 0 Å². The van der Waals surface area contributed by atoms with E-state index in [2.05, 4.69) is 15.4 Å². The van der Waals surface area contributed by atoms with E-state index < -0.39 is 0 Å². The van der Waals surface area contributed by atoms with Crippen LogP contribution in [0.4, 0.5) is 17.6 Å². The number of benzene rings is 1. The van der Waals surface area contributed by atoms with E-state index in [1.54, 1.807) is 31.3 Å². The van der Waals surface area contributed by atoms with Crippen molar-refractivity contribution in [2.24, 2.45) is 7.05 Å². The second-order valence-corrected chi connectivity index (χ2v) is 3.09. The zero-order chi connectivity index (χ0) is 10.8. The molecule has 1 heterocycles. The first-order chi connectivity index (χ1) is 7.15. The van der Waals surface area contributed by atoms with Gasteiger partial charge in [0.25, 0.3) is 0 Å². The molecule has 1 aromatic heterocycles. The molecule has 4 N–H and O–H groups in total. The predicted octanol–water partition coefficient (Wildman–Crippen LogP) is 0.846. The lowest BCUT2D eigenvalue weighted by Crippen LogP contribution is -1.97. The number of phenols is 1. The molecule has 0 radical (unpaired) electrons. The summed E-state index contributed by atoms with van der Waals surface area (Å²) in [7, 11) is 1.71. The highest BCUT2D eigenvalue weighted by molar-refractivity contribution is 5.54. The predicted molar refractivity (Wildman–Crippen MR) is 56.8 cm³/mol. The number of rotatable bonds is 2. The minimum absolute atomic E-state index is 0.217. The summed E-state index contributed by atoms with van der Waals surface area (Å²) in [6, 6.07) is 6.60. The highest BCUT2D eigenvalue weighted by Gasteiger charge is 2.03. The first kappa shape index (κ1) is 9.32. The number of nitrogens with two attached hydrogens (primary N) is 1. The van der Waals surface area contributed by atoms with Gasteiger partial charge in [0, 0.05) is 12.7 Å². The Morgan fingerprint density at radius 3 is 2.53 bits per heavy atom. The number of phenolic OH excluding ortho intramolecular Hbond substituents is 1. The molecule has 0 unspecified atom stereocenters. The summed E-state index contributed by atoms with van der Waals surface area (Å²) in [5.41, 5.74) is 6.32. The Bertz CT molecular complexity index is 442. The molecule has 78 valence electrons. The molecule has 1 aromatic carbocycles. The highest BCUT2D eigenvalue weighted by Crippen LogP contribution is 2.17. The van der Waals surface area contributed by atoms with Crippen LogP contribution in [0.5, 0.6) is 5.75 Å². The third-order valence-corrected chi connectivity index (χ3v) is 1.92. The highest BCUT2D eigenvalue weighted by atomic mass is 16.3. The van der Waals surface area contributed by atoms with Crippen LogP contribution in [0.3, 0.4) is 0 Å². The van der Waals surface area contributed by atoms with Gasteiger partial charge in [-0.3, -0.25) is 0 Å². The van der Waals surface area contributed by atoms with Gasteiger partial charge in [-0.1, -0.05) is 0 Å². The standard InChI is InChI=1S/C9H11N5O/c1-14-8(10)12-9(13-14)11-6-2-4-7(15)5-3-6/h2-5,15H,1H3,(H3,10,11,12,13). The Morgan fingerprint density at radius 2 is 2.00 bits per heavy atom. The third-order valence-electron chi connectivity index (χ3n) is 1.92. The molecule has 0 aliphatic heterocycles. The zero-order valence-electron chi connectivity index (χ0n) is 8.18. The van der Waals surface area contributed by atoms with Crippen LogP contribution < -0.4 is 11.1 Å². The van der Waals surface area contributed by atoms with Crippen LogP contribution in [-0.2, 0) is 7.05 Å². The maximum atomic E-state index is 9.09. The molecule has 0 aliphatic rings. The molecule has 0 atom stereocenters. The van der Waals surface area contributed by atoms with Crippen molar-refractivity contribution in [3.05, 3.63) is 24.3 Å². The summed E-state index contributed by atoms with van der Waals surface area (Å²) in [5, 5.41) is 16.1. The normalized spacial score (nSPS) is 10.2. The van der Waals surface area contributed by atoms with Gasteiger partial charge >= 0.3 is 0 Å². The number of nitrogen functional groups attached to an aromatic ring is 1. The van der Waals surface area contributed by atoms with E-state index in [1.165, 1.54) is 4.68 Å². The largest absolute Gasteiger partial charge is 0.508 e. The number of anilines is 3. The molecular formula is C9H11N5O. The first-order valence-electron chi connectivity index (χ1n) is 4.38. The van der Waals surface area contributed by atoms with Gasteiger partial charge in [0.1, 0.15) is 5.75 Å². The van der Waals surface area contributed by atoms with Gasteiger partial charge in [-0.25, -0.2) is 4.68 Å². The molecule has 0 saturated heterocycles. The fraction of sp³-hybridized carbons (Fsp3) is 0.111. The SMILES string of the molecule is Cn1nc(Nc2ccc(O)cc2)nc1N. The van der Waals surface area contributed by atoms with Crippen molar-refractivity contribution in [2.75, 3.05) is 11.1 Å². The van der Waals surface area contributed by atoms with Crippen molar-refractivity contribution in [1.82, 2.24) is 14.8 Å². The average Bonchev–Trinajstić information content (AvgIpc) is 2.50. The number of hydrogen-bond donors (Lipinski definition) is 3. The Morgan fingerprint density at radius 1 is 1.33 bits per heavy atom. The summed E-state index contributed by atoms with van der Waals surface area (Å²) in [6.07, 6.45) is 0. The van der Waals surface area contributed by atoms with E-state index in [0.29, 0.717) is 11.9 Å². The lowest BCUT2D eigenvalue weighted by Gasteiger charge is -2.00. The Hall–Kier alpha value is -2.24. The Balaban J connectivity index is 2.18. The summed E-state index contributed by atoms with van der Waals surface area (Å²) >= 11 is 0. The van der Waals surface area contributed by atoms with Gasteiger partial charge in [0.2, 0.25) is 11.9 Å². The van der Waals surface area contributed by atoms with Crippen molar-refractivity contribution >= 4 is 17.6 Å². The number of nitrogens with one attached hydrogen (secondary N) is 1. The summed E-state index contributed by atoms with van der Waals surface area (Å²) in [5.74, 6) is 0.992. The van der Waals surface area contributed by atoms with E-state index >= 15 is 0 Å². The molecule has 0 saturated carbocycles. The fourth-order valence-electron chi connectivity index (χ4n) is 1.12. The summed E-state index contributed by atoms with van der Waals surface area (Å²) in [4.78, 5) is 3.98. The average molecular weight is 205 g/mol. The monoisotopic (exact) mass is 205 g/mol. The van der Waals surface area contributed by atoms with Crippen molar-refractivity contribution in [3.63, 3.8) is 0 Å². The molecule has 6 heteroatoms. The van der Waals surface area contributed by atoms with Crippen molar-refractivity contribution < 1.29 is 5.11 Å². The minimum Gasteiger partial charge on any atom is -0.508 e. The molecule has 15 heavy (non-hydrogen) atoms. The summed E-state index contributed by atoms with van der Waals surface area (Å²) in [6.45, 7) is 0. The Labute approximate surface area is 86.4 Å². The van der Waals surface area contributed by atoms with E-state index in [4.69, 9.17) is 10.8 Å². The number of nitrogens with zero attached hydrogens (tertiary/aromatic N) is 3. The second kappa shape index (κ2) is 3.49. The maximum absolute atomic E-state index is 9.09. The molecule has 0 aliphatic carbocycles. The smallest absolute Gasteiger partial charge is 0.248 e. The van der Waals surface area contributed by atoms with Gasteiger partial charge < -0.3 is 16.2 Å². The number of aromatic nitrogens is 3. The molecule has 0 amide bonds. The van der Waals surface area contributed by atoms with Gasteiger partial charge in [-0.05, 0) is 24.3 Å². The lowest BCUT2D eigenvalue weighted by molar-refractivity contribution is 0.475.